The molecule has 1 unspecified atom stereocenters. The summed E-state index contributed by atoms with van der Waals surface area (Å²) in [6.45, 7) is 5.09. The largest absolute Gasteiger partial charge is 0.372 e. The third-order valence-corrected chi connectivity index (χ3v) is 2.96. The summed E-state index contributed by atoms with van der Waals surface area (Å²) in [6.07, 6.45) is 2.44. The smallest absolute Gasteiger partial charge is 0.0411 e. The molecule has 2 nitrogen and oxygen atoms in total. The van der Waals surface area contributed by atoms with Crippen molar-refractivity contribution in [2.75, 3.05) is 11.9 Å². The summed E-state index contributed by atoms with van der Waals surface area (Å²) in [5, 5.41) is 0. The molecule has 0 aliphatic rings. The molecule has 0 heterocycles. The van der Waals surface area contributed by atoms with Crippen LogP contribution in [0.2, 0.25) is 0 Å². The monoisotopic (exact) mass is 206 g/mol. The highest BCUT2D eigenvalue weighted by Crippen LogP contribution is 2.21. The van der Waals surface area contributed by atoms with Crippen molar-refractivity contribution in [3.05, 3.63) is 29.8 Å². The molecule has 0 bridgehead atoms. The number of benzene rings is 1. The SMILES string of the molecule is CCCC(C)N(C)c1ccccc1CN. The molecule has 1 rings (SSSR count). The van der Waals surface area contributed by atoms with Gasteiger partial charge in [0.25, 0.3) is 0 Å². The summed E-state index contributed by atoms with van der Waals surface area (Å²) in [4.78, 5) is 2.33. The topological polar surface area (TPSA) is 29.3 Å². The third kappa shape index (κ3) is 2.96. The summed E-state index contributed by atoms with van der Waals surface area (Å²) in [5.74, 6) is 0. The third-order valence-electron chi connectivity index (χ3n) is 2.96. The number of para-hydroxylation sites is 1. The van der Waals surface area contributed by atoms with E-state index in [1.807, 2.05) is 6.07 Å². The number of rotatable bonds is 5. The standard InChI is InChI=1S/C13H22N2/c1-4-7-11(2)15(3)13-9-6-5-8-12(13)10-14/h5-6,8-9,11H,4,7,10,14H2,1-3H3. The fourth-order valence-electron chi connectivity index (χ4n) is 1.88. The van der Waals surface area contributed by atoms with Gasteiger partial charge in [0.2, 0.25) is 0 Å². The molecule has 0 fully saturated rings. The van der Waals surface area contributed by atoms with E-state index in [1.54, 1.807) is 0 Å². The molecule has 0 aromatic heterocycles. The van der Waals surface area contributed by atoms with E-state index in [0.29, 0.717) is 12.6 Å². The van der Waals surface area contributed by atoms with Crippen LogP contribution in [-0.4, -0.2) is 13.1 Å². The van der Waals surface area contributed by atoms with Gasteiger partial charge in [0.1, 0.15) is 0 Å². The van der Waals surface area contributed by atoms with Crippen molar-refractivity contribution in [2.24, 2.45) is 5.73 Å². The Hall–Kier alpha value is -1.02. The van der Waals surface area contributed by atoms with E-state index in [1.165, 1.54) is 24.1 Å². The average Bonchev–Trinajstić information content (AvgIpc) is 2.28. The van der Waals surface area contributed by atoms with Crippen LogP contribution >= 0.6 is 0 Å². The lowest BCUT2D eigenvalue weighted by Crippen LogP contribution is -2.29. The molecule has 0 saturated carbocycles. The molecule has 15 heavy (non-hydrogen) atoms. The van der Waals surface area contributed by atoms with Gasteiger partial charge in [-0.1, -0.05) is 31.5 Å². The van der Waals surface area contributed by atoms with Gasteiger partial charge in [-0.25, -0.2) is 0 Å². The highest BCUT2D eigenvalue weighted by molar-refractivity contribution is 5.53. The lowest BCUT2D eigenvalue weighted by Gasteiger charge is -2.28. The lowest BCUT2D eigenvalue weighted by molar-refractivity contribution is 0.614. The Morgan fingerprint density at radius 2 is 2.00 bits per heavy atom. The van der Waals surface area contributed by atoms with Gasteiger partial charge < -0.3 is 10.6 Å². The second kappa shape index (κ2) is 5.76. The second-order valence-corrected chi connectivity index (χ2v) is 4.08. The van der Waals surface area contributed by atoms with Gasteiger partial charge in [0.05, 0.1) is 0 Å². The van der Waals surface area contributed by atoms with E-state index in [0.717, 1.165) is 0 Å². The molecule has 1 aromatic carbocycles. The number of hydrogen-bond acceptors (Lipinski definition) is 2. The first-order chi connectivity index (χ1) is 7.20. The Morgan fingerprint density at radius 1 is 1.33 bits per heavy atom. The second-order valence-electron chi connectivity index (χ2n) is 4.08. The average molecular weight is 206 g/mol. The van der Waals surface area contributed by atoms with Crippen LogP contribution in [0.15, 0.2) is 24.3 Å². The van der Waals surface area contributed by atoms with Crippen molar-refractivity contribution in [1.82, 2.24) is 0 Å². The first-order valence-corrected chi connectivity index (χ1v) is 5.71. The van der Waals surface area contributed by atoms with Crippen LogP contribution in [0.25, 0.3) is 0 Å². The van der Waals surface area contributed by atoms with Crippen molar-refractivity contribution in [1.29, 1.82) is 0 Å². The number of nitrogens with two attached hydrogens (primary N) is 1. The van der Waals surface area contributed by atoms with E-state index >= 15 is 0 Å². The summed E-state index contributed by atoms with van der Waals surface area (Å²) < 4.78 is 0. The van der Waals surface area contributed by atoms with E-state index in [-0.39, 0.29) is 0 Å². The molecule has 0 saturated heterocycles. The maximum absolute atomic E-state index is 5.74. The molecule has 1 aromatic rings. The van der Waals surface area contributed by atoms with Crippen LogP contribution in [0, 0.1) is 0 Å². The molecule has 1 atom stereocenters. The molecule has 0 aliphatic heterocycles. The Kier molecular flexibility index (Phi) is 4.63. The van der Waals surface area contributed by atoms with Crippen molar-refractivity contribution >= 4 is 5.69 Å². The van der Waals surface area contributed by atoms with Crippen LogP contribution in [0.4, 0.5) is 5.69 Å². The Bertz CT molecular complexity index is 296. The van der Waals surface area contributed by atoms with Gasteiger partial charge in [-0.05, 0) is 25.0 Å². The number of nitrogens with zero attached hydrogens (tertiary/aromatic N) is 1. The van der Waals surface area contributed by atoms with Gasteiger partial charge in [0, 0.05) is 25.3 Å². The molecule has 2 N–H and O–H groups in total. The van der Waals surface area contributed by atoms with Crippen LogP contribution in [0.1, 0.15) is 32.3 Å². The fraction of sp³-hybridized carbons (Fsp3) is 0.538. The number of anilines is 1. The van der Waals surface area contributed by atoms with Crippen molar-refractivity contribution in [3.63, 3.8) is 0 Å². The normalized spacial score (nSPS) is 12.5. The van der Waals surface area contributed by atoms with Crippen LogP contribution in [0.3, 0.4) is 0 Å². The van der Waals surface area contributed by atoms with E-state index in [9.17, 15) is 0 Å². The van der Waals surface area contributed by atoms with E-state index in [4.69, 9.17) is 5.73 Å². The molecule has 0 amide bonds. The maximum atomic E-state index is 5.74. The molecular formula is C13H22N2. The van der Waals surface area contributed by atoms with E-state index in [2.05, 4.69) is 44.0 Å². The van der Waals surface area contributed by atoms with Crippen molar-refractivity contribution in [2.45, 2.75) is 39.3 Å². The predicted molar refractivity (Wildman–Crippen MR) is 67.1 cm³/mol. The van der Waals surface area contributed by atoms with Gasteiger partial charge in [-0.3, -0.25) is 0 Å². The molecule has 0 radical (unpaired) electrons. The minimum Gasteiger partial charge on any atom is -0.372 e. The highest BCUT2D eigenvalue weighted by Gasteiger charge is 2.11. The van der Waals surface area contributed by atoms with Gasteiger partial charge in [-0.2, -0.15) is 0 Å². The maximum Gasteiger partial charge on any atom is 0.0411 e. The zero-order valence-electron chi connectivity index (χ0n) is 10.0. The zero-order valence-corrected chi connectivity index (χ0v) is 10.0. The summed E-state index contributed by atoms with van der Waals surface area (Å²) >= 11 is 0. The van der Waals surface area contributed by atoms with Crippen LogP contribution in [0.5, 0.6) is 0 Å². The van der Waals surface area contributed by atoms with Gasteiger partial charge in [-0.15, -0.1) is 0 Å². The minimum atomic E-state index is 0.572. The van der Waals surface area contributed by atoms with Crippen LogP contribution in [-0.2, 0) is 6.54 Å². The Morgan fingerprint density at radius 3 is 2.60 bits per heavy atom. The molecular weight excluding hydrogens is 184 g/mol. The van der Waals surface area contributed by atoms with Crippen molar-refractivity contribution < 1.29 is 0 Å². The first-order valence-electron chi connectivity index (χ1n) is 5.71. The van der Waals surface area contributed by atoms with Gasteiger partial charge >= 0.3 is 0 Å². The minimum absolute atomic E-state index is 0.572. The molecule has 2 heteroatoms. The predicted octanol–water partition coefficient (Wildman–Crippen LogP) is 2.77. The molecule has 0 aliphatic carbocycles. The summed E-state index contributed by atoms with van der Waals surface area (Å²) in [7, 11) is 2.15. The number of hydrogen-bond donors (Lipinski definition) is 1. The summed E-state index contributed by atoms with van der Waals surface area (Å²) in [6, 6.07) is 8.94. The fourth-order valence-corrected chi connectivity index (χ4v) is 1.88. The lowest BCUT2D eigenvalue weighted by atomic mass is 10.1. The first kappa shape index (κ1) is 12.1. The zero-order chi connectivity index (χ0) is 11.3. The highest BCUT2D eigenvalue weighted by atomic mass is 15.1. The molecule has 84 valence electrons. The quantitative estimate of drug-likeness (QED) is 0.802. The molecule has 0 spiro atoms. The summed E-state index contributed by atoms with van der Waals surface area (Å²) in [5.41, 5.74) is 8.23. The van der Waals surface area contributed by atoms with Crippen LogP contribution < -0.4 is 10.6 Å². The van der Waals surface area contributed by atoms with Gasteiger partial charge in [0.15, 0.2) is 0 Å². The van der Waals surface area contributed by atoms with E-state index < -0.39 is 0 Å². The van der Waals surface area contributed by atoms with Crippen molar-refractivity contribution in [3.8, 4) is 0 Å². The Labute approximate surface area is 93.1 Å². The Balaban J connectivity index is 2.84.